The number of rotatable bonds is 3. The lowest BCUT2D eigenvalue weighted by Crippen LogP contribution is -3.00. The average molecular weight is 463 g/mol. The summed E-state index contributed by atoms with van der Waals surface area (Å²) in [7, 11) is 6.39. The molecule has 2 N–H and O–H groups in total. The Hall–Kier alpha value is -0.0100. The van der Waals surface area contributed by atoms with Gasteiger partial charge >= 0.3 is 0 Å². The fourth-order valence-corrected chi connectivity index (χ4v) is 2.61. The number of hydrogen-bond donors (Lipinski definition) is 2. The van der Waals surface area contributed by atoms with Crippen LogP contribution < -0.4 is 27.6 Å². The third-order valence-electron chi connectivity index (χ3n) is 2.68. The van der Waals surface area contributed by atoms with Gasteiger partial charge in [0.25, 0.3) is 0 Å². The summed E-state index contributed by atoms with van der Waals surface area (Å²) in [5, 5.41) is 7.50. The first-order chi connectivity index (χ1) is 8.85. The molecule has 0 spiro atoms. The quantitative estimate of drug-likeness (QED) is 0.627. The molecule has 0 atom stereocenters. The van der Waals surface area contributed by atoms with Crippen molar-refractivity contribution < 1.29 is 21.5 Å². The zero-order valence-corrected chi connectivity index (χ0v) is 17.0. The molecule has 0 radical (unpaired) electrons. The van der Waals surface area contributed by atoms with Gasteiger partial charge < -0.3 is 32.1 Å². The predicted molar refractivity (Wildman–Crippen MR) is 92.4 cm³/mol. The summed E-state index contributed by atoms with van der Waals surface area (Å²) in [5.41, 5.74) is 1.83. The molecule has 1 aliphatic heterocycles. The molecule has 0 unspecified atom stereocenters. The zero-order valence-electron chi connectivity index (χ0n) is 12.2. The van der Waals surface area contributed by atoms with Crippen LogP contribution in [0.25, 0.3) is 0 Å². The van der Waals surface area contributed by atoms with E-state index in [-0.39, 0.29) is 34.0 Å². The van der Waals surface area contributed by atoms with E-state index in [9.17, 15) is 0 Å². The predicted octanol–water partition coefficient (Wildman–Crippen LogP) is 0.153. The first-order valence-electron chi connectivity index (χ1n) is 6.19. The monoisotopic (exact) mass is 460 g/mol. The second-order valence-corrected chi connectivity index (χ2v) is 6.48. The lowest BCUT2D eigenvalue weighted by atomic mass is 10.2. The molecule has 0 aliphatic carbocycles. The summed E-state index contributed by atoms with van der Waals surface area (Å²) in [6.07, 6.45) is 0. The van der Waals surface area contributed by atoms with Gasteiger partial charge in [0.05, 0.1) is 43.4 Å². The van der Waals surface area contributed by atoms with Crippen LogP contribution >= 0.6 is 40.2 Å². The molecule has 2 rings (SSSR count). The van der Waals surface area contributed by atoms with Gasteiger partial charge in [0.15, 0.2) is 5.96 Å². The lowest BCUT2D eigenvalue weighted by Gasteiger charge is -2.24. The van der Waals surface area contributed by atoms with Gasteiger partial charge in [-0.1, -0.05) is 23.2 Å². The Labute approximate surface area is 157 Å². The number of anilines is 1. The highest BCUT2D eigenvalue weighted by atomic mass is 79.9. The molecule has 0 aromatic heterocycles. The molecule has 120 valence electrons. The molecular formula is C13H20Br2Cl2N4. The van der Waals surface area contributed by atoms with Crippen LogP contribution in [0.1, 0.15) is 5.56 Å². The Morgan fingerprint density at radius 2 is 1.81 bits per heavy atom. The molecule has 0 saturated carbocycles. The average Bonchev–Trinajstić information content (AvgIpc) is 2.73. The van der Waals surface area contributed by atoms with Crippen LogP contribution in [0.3, 0.4) is 0 Å². The van der Waals surface area contributed by atoms with E-state index >= 15 is 0 Å². The first kappa shape index (κ1) is 21.0. The number of benzene rings is 1. The maximum absolute atomic E-state index is 6.31. The first-order valence-corrected chi connectivity index (χ1v) is 6.94. The van der Waals surface area contributed by atoms with Crippen molar-refractivity contribution in [2.24, 2.45) is 4.99 Å². The van der Waals surface area contributed by atoms with Crippen LogP contribution in [-0.4, -0.2) is 44.7 Å². The van der Waals surface area contributed by atoms with Crippen molar-refractivity contribution >= 4 is 51.8 Å². The fraction of sp³-hybridized carbons (Fsp3) is 0.462. The third kappa shape index (κ3) is 6.32. The van der Waals surface area contributed by atoms with E-state index in [1.54, 1.807) is 0 Å². The van der Waals surface area contributed by atoms with Gasteiger partial charge in [-0.3, -0.25) is 4.99 Å². The van der Waals surface area contributed by atoms with E-state index in [1.807, 2.05) is 12.1 Å². The van der Waals surface area contributed by atoms with E-state index in [4.69, 9.17) is 23.2 Å². The van der Waals surface area contributed by atoms with E-state index in [0.717, 1.165) is 35.6 Å². The molecule has 0 saturated heterocycles. The van der Waals surface area contributed by atoms with Crippen LogP contribution in [0.5, 0.6) is 0 Å². The lowest BCUT2D eigenvalue weighted by molar-refractivity contribution is -0.884. The van der Waals surface area contributed by atoms with Crippen LogP contribution in [0.15, 0.2) is 17.1 Å². The SMILES string of the molecule is Br.C[N+](C)(C)Cc1cc(Cl)c(NC2=NCCN2)c(Cl)c1.[Br-]. The van der Waals surface area contributed by atoms with Crippen molar-refractivity contribution in [1.82, 2.24) is 5.32 Å². The van der Waals surface area contributed by atoms with Crippen molar-refractivity contribution in [3.05, 3.63) is 27.7 Å². The van der Waals surface area contributed by atoms with Crippen molar-refractivity contribution in [3.8, 4) is 0 Å². The smallest absolute Gasteiger partial charge is 0.196 e. The highest BCUT2D eigenvalue weighted by Crippen LogP contribution is 2.32. The van der Waals surface area contributed by atoms with Crippen LogP contribution in [-0.2, 0) is 6.54 Å². The third-order valence-corrected chi connectivity index (χ3v) is 3.27. The van der Waals surface area contributed by atoms with Crippen molar-refractivity contribution in [2.45, 2.75) is 6.54 Å². The Kier molecular flexibility index (Phi) is 8.57. The van der Waals surface area contributed by atoms with Crippen molar-refractivity contribution in [3.63, 3.8) is 0 Å². The minimum Gasteiger partial charge on any atom is -1.00 e. The maximum atomic E-state index is 6.31. The Bertz CT molecular complexity index is 492. The summed E-state index contributed by atoms with van der Waals surface area (Å²) < 4.78 is 0.827. The largest absolute Gasteiger partial charge is 1.00 e. The molecule has 21 heavy (non-hydrogen) atoms. The van der Waals surface area contributed by atoms with E-state index in [2.05, 4.69) is 36.8 Å². The highest BCUT2D eigenvalue weighted by Gasteiger charge is 2.15. The van der Waals surface area contributed by atoms with E-state index < -0.39 is 0 Å². The summed E-state index contributed by atoms with van der Waals surface area (Å²) >= 11 is 12.6. The number of aliphatic imine (C=N–C) groups is 1. The molecule has 1 aromatic rings. The van der Waals surface area contributed by atoms with Crippen molar-refractivity contribution in [2.75, 3.05) is 39.5 Å². The van der Waals surface area contributed by atoms with Gasteiger partial charge in [-0.2, -0.15) is 0 Å². The normalized spacial score (nSPS) is 13.7. The van der Waals surface area contributed by atoms with Gasteiger partial charge in [-0.25, -0.2) is 0 Å². The topological polar surface area (TPSA) is 36.4 Å². The molecule has 1 aliphatic rings. The summed E-state index contributed by atoms with van der Waals surface area (Å²) in [6, 6.07) is 3.91. The highest BCUT2D eigenvalue weighted by molar-refractivity contribution is 8.93. The molecule has 0 bridgehead atoms. The molecule has 0 amide bonds. The molecule has 8 heteroatoms. The standard InChI is InChI=1S/C13H19Cl2N4.2BrH/c1-19(2,3)8-9-6-10(14)12(11(15)7-9)18-13-16-4-5-17-13;;/h6-7H,4-5,8H2,1-3H3,(H2,16,17,18);2*1H/q+1;;/p-1. The van der Waals surface area contributed by atoms with Crippen molar-refractivity contribution in [1.29, 1.82) is 0 Å². The summed E-state index contributed by atoms with van der Waals surface area (Å²) in [5.74, 6) is 0.725. The molecule has 1 heterocycles. The van der Waals surface area contributed by atoms with Gasteiger partial charge in [0.2, 0.25) is 0 Å². The Morgan fingerprint density at radius 1 is 1.24 bits per heavy atom. The Morgan fingerprint density at radius 3 is 2.24 bits per heavy atom. The molecule has 4 nitrogen and oxygen atoms in total. The van der Waals surface area contributed by atoms with E-state index in [0.29, 0.717) is 15.7 Å². The minimum atomic E-state index is 0. The molecular weight excluding hydrogens is 443 g/mol. The van der Waals surface area contributed by atoms with E-state index in [1.165, 1.54) is 0 Å². The number of nitrogens with zero attached hydrogens (tertiary/aromatic N) is 2. The minimum absolute atomic E-state index is 0. The zero-order chi connectivity index (χ0) is 14.0. The summed E-state index contributed by atoms with van der Waals surface area (Å²) in [4.78, 5) is 4.27. The second kappa shape index (κ2) is 8.58. The van der Waals surface area contributed by atoms with Gasteiger partial charge in [-0.15, -0.1) is 17.0 Å². The number of halogens is 4. The van der Waals surface area contributed by atoms with Gasteiger partial charge in [0, 0.05) is 12.1 Å². The number of quaternary nitrogens is 1. The maximum Gasteiger partial charge on any atom is 0.196 e. The Balaban J connectivity index is 0.00000200. The molecule has 0 fully saturated rings. The van der Waals surface area contributed by atoms with Crippen LogP contribution in [0.2, 0.25) is 10.0 Å². The summed E-state index contributed by atoms with van der Waals surface area (Å²) in [6.45, 7) is 2.49. The van der Waals surface area contributed by atoms with Crippen LogP contribution in [0.4, 0.5) is 5.69 Å². The second-order valence-electron chi connectivity index (χ2n) is 5.67. The van der Waals surface area contributed by atoms with Gasteiger partial charge in [-0.05, 0) is 12.1 Å². The number of guanidine groups is 1. The number of hydrogen-bond acceptors (Lipinski definition) is 3. The van der Waals surface area contributed by atoms with Crippen LogP contribution in [0, 0.1) is 0 Å². The van der Waals surface area contributed by atoms with Gasteiger partial charge in [0.1, 0.15) is 6.54 Å². The molecule has 1 aromatic carbocycles. The fourth-order valence-electron chi connectivity index (χ4n) is 1.98. The number of nitrogens with one attached hydrogen (secondary N) is 2.